The number of aryl methyl sites for hydroxylation is 26. The second-order valence-electron chi connectivity index (χ2n) is 38.8. The minimum absolute atomic E-state index is 0.729. The summed E-state index contributed by atoms with van der Waals surface area (Å²) in [6.45, 7) is 34.0. The van der Waals surface area contributed by atoms with Crippen LogP contribution in [0.25, 0.3) is 0 Å². The molecule has 10 aliphatic heterocycles. The van der Waals surface area contributed by atoms with E-state index in [1.165, 1.54) is 290 Å². The molecule has 13 aromatic heterocycles. The number of aromatic nitrogens is 26. The van der Waals surface area contributed by atoms with Crippen molar-refractivity contribution in [2.45, 2.75) is 305 Å². The molecule has 141 heavy (non-hydrogen) atoms. The Hall–Kier alpha value is -10.3. The normalized spacial score (nSPS) is 16.2. The lowest BCUT2D eigenvalue weighted by Gasteiger charge is -2.13. The van der Waals surface area contributed by atoms with Crippen LogP contribution in [0.3, 0.4) is 0 Å². The van der Waals surface area contributed by atoms with Gasteiger partial charge in [-0.2, -0.15) is 66.3 Å². The van der Waals surface area contributed by atoms with Crippen molar-refractivity contribution in [1.29, 1.82) is 0 Å². The zero-order chi connectivity index (χ0) is 101. The van der Waals surface area contributed by atoms with Crippen molar-refractivity contribution in [2.24, 2.45) is 91.6 Å². The molecule has 0 N–H and O–H groups in total. The summed E-state index contributed by atoms with van der Waals surface area (Å²) in [5.74, 6) is 8.66. The Kier molecular flexibility index (Phi) is 37.2. The van der Waals surface area contributed by atoms with Crippen molar-refractivity contribution < 1.29 is 33.2 Å². The first-order chi connectivity index (χ1) is 67.7. The smallest absolute Gasteiger partial charge is 0.215 e. The average molecular weight is 1990 g/mol. The van der Waals surface area contributed by atoms with E-state index in [-0.39, 0.29) is 0 Å². The Labute approximate surface area is 847 Å². The molecule has 13 aromatic rings. The molecule has 0 amide bonds. The second-order valence-corrected chi connectivity index (χ2v) is 42.0. The van der Waals surface area contributed by atoms with E-state index < -0.39 is 0 Å². The molecule has 36 heteroatoms. The third-order valence-corrected chi connectivity index (χ3v) is 32.2. The molecule has 0 aromatic carbocycles. The molecule has 0 atom stereocenters. The summed E-state index contributed by atoms with van der Waals surface area (Å²) in [5, 5.41) is 60.4. The minimum Gasteiger partial charge on any atom is -0.490 e. The lowest BCUT2D eigenvalue weighted by Crippen LogP contribution is -2.11. The third-order valence-electron chi connectivity index (χ3n) is 28.5. The highest BCUT2D eigenvalue weighted by atomic mass is 32.2. The number of fused-ring (bicyclic) bond motifs is 13. The van der Waals surface area contributed by atoms with Gasteiger partial charge in [0.25, 0.3) is 0 Å². The SMILES string of the molecule is Cc1nn(C)c2c1CCC2.Cc1nn(C)c2c1CCCC2.Cc1nn(C)c2c1CCCCC2.Cc1nn(C)c2c1CCCCO2.Cc1nn(C)c2c1CCCCS2.Cc1nn(C)c2c1CCCO2.Cc1nn(C)c2c1CCCS2.Cc1nn(C)c2c1CCO2.Cc1nn(C)c2c1CCOC2.Cc1nn(C)c2c1CCS2.Cc1nn(C)c2c1COC2.Cc1nn(C)c2c1OCC2.Cc1nn(C)c2c1OCCC2. The lowest BCUT2D eigenvalue weighted by atomic mass is 9.96. The molecule has 0 bridgehead atoms. The Morgan fingerprint density at radius 1 is 0.177 bits per heavy atom. The molecule has 0 radical (unpaired) electrons. The summed E-state index contributed by atoms with van der Waals surface area (Å²) in [6.07, 6.45) is 34.2. The van der Waals surface area contributed by atoms with Gasteiger partial charge < -0.3 is 33.2 Å². The minimum atomic E-state index is 0.729. The van der Waals surface area contributed by atoms with Gasteiger partial charge in [-0.15, -0.1) is 35.3 Å². The van der Waals surface area contributed by atoms with Gasteiger partial charge in [0.2, 0.25) is 17.6 Å². The van der Waals surface area contributed by atoms with Crippen LogP contribution in [0.5, 0.6) is 29.1 Å². The van der Waals surface area contributed by atoms with Crippen LogP contribution in [0, 0.1) is 90.0 Å². The maximum atomic E-state index is 5.60. The highest BCUT2D eigenvalue weighted by Crippen LogP contribution is 2.38. The lowest BCUT2D eigenvalue weighted by molar-refractivity contribution is 0.105. The van der Waals surface area contributed by atoms with Crippen LogP contribution in [0.15, 0.2) is 15.1 Å². The van der Waals surface area contributed by atoms with E-state index in [4.69, 9.17) is 33.2 Å². The molecule has 13 aliphatic rings. The number of hydrogen-bond acceptors (Lipinski definition) is 23. The fourth-order valence-corrected chi connectivity index (χ4v) is 24.7. The Morgan fingerprint density at radius 3 is 0.965 bits per heavy atom. The summed E-state index contributed by atoms with van der Waals surface area (Å²) in [5.41, 5.74) is 39.9. The molecule has 0 fully saturated rings. The highest BCUT2D eigenvalue weighted by Gasteiger charge is 2.28. The van der Waals surface area contributed by atoms with E-state index in [9.17, 15) is 0 Å². The number of hydrogen-bond donors (Lipinski definition) is 0. The molecular formula is C105H158N26O7S3. The summed E-state index contributed by atoms with van der Waals surface area (Å²) < 4.78 is 63.1. The van der Waals surface area contributed by atoms with Crippen molar-refractivity contribution in [3.8, 4) is 29.1 Å². The fraction of sp³-hybridized carbons (Fsp3) is 0.629. The van der Waals surface area contributed by atoms with Gasteiger partial charge >= 0.3 is 0 Å². The van der Waals surface area contributed by atoms with E-state index in [0.29, 0.717) is 0 Å². The zero-order valence-electron chi connectivity index (χ0n) is 89.5. The number of ether oxygens (including phenoxy) is 7. The van der Waals surface area contributed by atoms with E-state index in [1.54, 1.807) is 4.68 Å². The largest absolute Gasteiger partial charge is 0.490 e. The van der Waals surface area contributed by atoms with Gasteiger partial charge in [0.1, 0.15) is 11.4 Å². The number of nitrogens with zero attached hydrogens (tertiary/aromatic N) is 26. The topological polar surface area (TPSA) is 296 Å². The van der Waals surface area contributed by atoms with Crippen LogP contribution in [0.2, 0.25) is 0 Å². The maximum Gasteiger partial charge on any atom is 0.215 e. The maximum absolute atomic E-state index is 5.60. The van der Waals surface area contributed by atoms with Crippen LogP contribution >= 0.6 is 35.3 Å². The van der Waals surface area contributed by atoms with Crippen LogP contribution in [0.1, 0.15) is 259 Å². The van der Waals surface area contributed by atoms with Crippen molar-refractivity contribution in [1.82, 2.24) is 127 Å². The fourth-order valence-electron chi connectivity index (χ4n) is 21.3. The van der Waals surface area contributed by atoms with Crippen molar-refractivity contribution >= 4 is 35.3 Å². The van der Waals surface area contributed by atoms with Gasteiger partial charge in [0, 0.05) is 172 Å². The van der Waals surface area contributed by atoms with Crippen molar-refractivity contribution in [3.05, 3.63) is 175 Å². The first-order valence-corrected chi connectivity index (χ1v) is 54.1. The van der Waals surface area contributed by atoms with E-state index in [1.807, 2.05) is 206 Å². The molecule has 0 spiro atoms. The summed E-state index contributed by atoms with van der Waals surface area (Å²) in [4.78, 5) is 0. The van der Waals surface area contributed by atoms with Gasteiger partial charge in [0.05, 0.1) is 160 Å². The average Bonchev–Trinajstić information content (AvgIpc) is 1.66. The molecule has 26 rings (SSSR count). The Balaban J connectivity index is 0.000000122. The van der Waals surface area contributed by atoms with Crippen LogP contribution < -0.4 is 23.7 Å². The molecule has 23 heterocycles. The standard InChI is InChI=1S/C10H16N2.C9H14N2O.C9H14N2S.C9H14N2.3C8H12N2O.C8H12N2S.C8H12N2.3C7H10N2O.C7H10N2S/c1-8-9-6-4-3-5-7-10(9)12(2)11-8;2*1-7-8-5-3-4-6-12-9(8)11(2)10-7;1-7-8-5-3-4-6-9(8)11(2)10-7;1-6-7-3-4-11-5-8(7)10(2)9-6;1-6-8-7(10(2)9-6)4-3-5-11-8;2*1-6-7-4-3-5-11-8(7)10(2)9-6;1-6-7-4-3-5-8(7)10(2)9-6;1-5-6-3-10-4-7(6)9(2)8-5;1-5-7-6(3-4-10-7)9(2)8-5;2*1-5-6-3-4-10-7(6)9(2)8-5/h3-7H2,1-2H3;2*3-6H2,1-2H3;3-6H2,1-2H3;4*3-5H2,1-2H3;3-5H2,1-2H3;4*3-4H2,1-2H3. The third kappa shape index (κ3) is 25.7. The molecule has 0 saturated heterocycles. The molecule has 0 unspecified atom stereocenters. The first kappa shape index (κ1) is 106. The van der Waals surface area contributed by atoms with E-state index in [2.05, 4.69) is 134 Å². The Morgan fingerprint density at radius 2 is 0.461 bits per heavy atom. The highest BCUT2D eigenvalue weighted by molar-refractivity contribution is 7.99. The predicted molar refractivity (Wildman–Crippen MR) is 557 cm³/mol. The predicted octanol–water partition coefficient (Wildman–Crippen LogP) is 16.6. The van der Waals surface area contributed by atoms with Gasteiger partial charge in [-0.05, 0) is 279 Å². The van der Waals surface area contributed by atoms with Crippen LogP contribution in [-0.4, -0.2) is 184 Å². The quantitative estimate of drug-likeness (QED) is 0.127. The van der Waals surface area contributed by atoms with Gasteiger partial charge in [-0.3, -0.25) is 46.8 Å². The molecule has 3 aliphatic carbocycles. The van der Waals surface area contributed by atoms with Gasteiger partial charge in [0.15, 0.2) is 11.5 Å². The van der Waals surface area contributed by atoms with E-state index >= 15 is 0 Å². The summed E-state index contributed by atoms with van der Waals surface area (Å²) in [6, 6.07) is 0. The van der Waals surface area contributed by atoms with E-state index in [0.717, 1.165) is 186 Å². The number of rotatable bonds is 0. The molecule has 768 valence electrons. The number of thioether (sulfide) groups is 3. The molecule has 33 nitrogen and oxygen atoms in total. The Bertz CT molecular complexity index is 5230. The van der Waals surface area contributed by atoms with Crippen LogP contribution in [-0.2, 0) is 217 Å². The van der Waals surface area contributed by atoms with Crippen molar-refractivity contribution in [2.75, 3.05) is 56.9 Å². The first-order valence-electron chi connectivity index (χ1n) is 51.2. The zero-order valence-corrected chi connectivity index (χ0v) is 91.9. The summed E-state index contributed by atoms with van der Waals surface area (Å²) in [7, 11) is 25.9. The van der Waals surface area contributed by atoms with Gasteiger partial charge in [-0.1, -0.05) is 6.42 Å². The molecule has 0 saturated carbocycles. The molecular weight excluding hydrogens is 1830 g/mol. The van der Waals surface area contributed by atoms with Crippen molar-refractivity contribution in [3.63, 3.8) is 0 Å². The monoisotopic (exact) mass is 1990 g/mol. The summed E-state index contributed by atoms with van der Waals surface area (Å²) >= 11 is 5.81. The van der Waals surface area contributed by atoms with Crippen LogP contribution in [0.4, 0.5) is 0 Å². The second kappa shape index (κ2) is 49.3. The van der Waals surface area contributed by atoms with Gasteiger partial charge in [-0.25, -0.2) is 14.0 Å².